The van der Waals surface area contributed by atoms with Gasteiger partial charge in [-0.05, 0) is 58.0 Å². The summed E-state index contributed by atoms with van der Waals surface area (Å²) >= 11 is 0. The Balaban J connectivity index is 1.52. The average Bonchev–Trinajstić information content (AvgIpc) is 3.10. The SMILES string of the molecule is CC(C)(CN1CCCCC1)NC(=O)c1cc(COc2ccccc2)[nH]n1. The second kappa shape index (κ2) is 8.36. The fraction of sp³-hybridized carbons (Fsp3) is 0.500. The van der Waals surface area contributed by atoms with Gasteiger partial charge >= 0.3 is 0 Å². The number of para-hydroxylation sites is 1. The number of H-pyrrole nitrogens is 1. The van der Waals surface area contributed by atoms with E-state index >= 15 is 0 Å². The van der Waals surface area contributed by atoms with Gasteiger partial charge in [0.25, 0.3) is 5.91 Å². The molecule has 2 heterocycles. The van der Waals surface area contributed by atoms with Crippen LogP contribution in [-0.4, -0.2) is 46.2 Å². The minimum Gasteiger partial charge on any atom is -0.487 e. The summed E-state index contributed by atoms with van der Waals surface area (Å²) in [5.74, 6) is 0.630. The lowest BCUT2D eigenvalue weighted by atomic mass is 10.0. The molecule has 0 spiro atoms. The van der Waals surface area contributed by atoms with Crippen molar-refractivity contribution in [3.05, 3.63) is 47.8 Å². The summed E-state index contributed by atoms with van der Waals surface area (Å²) in [4.78, 5) is 15.0. The molecule has 0 bridgehead atoms. The lowest BCUT2D eigenvalue weighted by Crippen LogP contribution is -2.52. The number of amides is 1. The minimum absolute atomic E-state index is 0.158. The van der Waals surface area contributed by atoms with Crippen LogP contribution in [0.5, 0.6) is 5.75 Å². The van der Waals surface area contributed by atoms with Crippen LogP contribution in [0.3, 0.4) is 0 Å². The van der Waals surface area contributed by atoms with Gasteiger partial charge in [-0.25, -0.2) is 0 Å². The smallest absolute Gasteiger partial charge is 0.272 e. The number of carbonyl (C=O) groups excluding carboxylic acids is 1. The van der Waals surface area contributed by atoms with Crippen molar-refractivity contribution in [3.63, 3.8) is 0 Å². The molecule has 1 aliphatic heterocycles. The Morgan fingerprint density at radius 1 is 1.23 bits per heavy atom. The van der Waals surface area contributed by atoms with E-state index in [0.29, 0.717) is 12.3 Å². The predicted molar refractivity (Wildman–Crippen MR) is 101 cm³/mol. The molecule has 1 amide bonds. The van der Waals surface area contributed by atoms with Gasteiger partial charge in [0.05, 0.1) is 5.69 Å². The van der Waals surface area contributed by atoms with Gasteiger partial charge < -0.3 is 15.0 Å². The van der Waals surface area contributed by atoms with Crippen LogP contribution >= 0.6 is 0 Å². The number of benzene rings is 1. The van der Waals surface area contributed by atoms with Gasteiger partial charge in [-0.15, -0.1) is 0 Å². The van der Waals surface area contributed by atoms with Gasteiger partial charge in [0, 0.05) is 12.1 Å². The van der Waals surface area contributed by atoms with E-state index in [9.17, 15) is 4.79 Å². The molecule has 1 aliphatic rings. The van der Waals surface area contributed by atoms with Crippen LogP contribution in [0.1, 0.15) is 49.3 Å². The van der Waals surface area contributed by atoms with E-state index in [1.54, 1.807) is 6.07 Å². The van der Waals surface area contributed by atoms with Gasteiger partial charge in [0.15, 0.2) is 0 Å². The zero-order valence-electron chi connectivity index (χ0n) is 15.6. The Bertz CT molecular complexity index is 706. The van der Waals surface area contributed by atoms with Gasteiger partial charge in [-0.1, -0.05) is 24.6 Å². The van der Waals surface area contributed by atoms with E-state index in [-0.39, 0.29) is 11.4 Å². The molecule has 6 nitrogen and oxygen atoms in total. The number of aromatic amines is 1. The van der Waals surface area contributed by atoms with Crippen LogP contribution < -0.4 is 10.1 Å². The van der Waals surface area contributed by atoms with E-state index in [1.807, 2.05) is 30.3 Å². The summed E-state index contributed by atoms with van der Waals surface area (Å²) in [6.07, 6.45) is 3.80. The van der Waals surface area contributed by atoms with Crippen molar-refractivity contribution < 1.29 is 9.53 Å². The molecule has 140 valence electrons. The van der Waals surface area contributed by atoms with Gasteiger partial charge in [0.1, 0.15) is 18.1 Å². The van der Waals surface area contributed by atoms with Gasteiger partial charge in [-0.2, -0.15) is 5.10 Å². The molecule has 6 heteroatoms. The molecule has 0 unspecified atom stereocenters. The molecule has 1 saturated heterocycles. The molecule has 0 atom stereocenters. The van der Waals surface area contributed by atoms with Crippen LogP contribution in [0.2, 0.25) is 0 Å². The molecule has 1 aromatic carbocycles. The van der Waals surface area contributed by atoms with E-state index in [2.05, 4.69) is 34.3 Å². The first kappa shape index (κ1) is 18.5. The Hall–Kier alpha value is -2.34. The number of nitrogens with zero attached hydrogens (tertiary/aromatic N) is 2. The van der Waals surface area contributed by atoms with E-state index in [0.717, 1.165) is 31.1 Å². The molecule has 2 aromatic rings. The second-order valence-corrected chi connectivity index (χ2v) is 7.55. The highest BCUT2D eigenvalue weighted by atomic mass is 16.5. The first-order chi connectivity index (χ1) is 12.5. The molecule has 2 N–H and O–H groups in total. The average molecular weight is 356 g/mol. The fourth-order valence-electron chi connectivity index (χ4n) is 3.32. The zero-order chi connectivity index (χ0) is 18.4. The summed E-state index contributed by atoms with van der Waals surface area (Å²) < 4.78 is 5.68. The second-order valence-electron chi connectivity index (χ2n) is 7.55. The van der Waals surface area contributed by atoms with Crippen LogP contribution in [-0.2, 0) is 6.61 Å². The van der Waals surface area contributed by atoms with Crippen molar-refractivity contribution >= 4 is 5.91 Å². The Morgan fingerprint density at radius 2 is 1.96 bits per heavy atom. The molecule has 3 rings (SSSR count). The van der Waals surface area contributed by atoms with Crippen molar-refractivity contribution in [1.82, 2.24) is 20.4 Å². The lowest BCUT2D eigenvalue weighted by Gasteiger charge is -2.35. The maximum Gasteiger partial charge on any atom is 0.272 e. The zero-order valence-corrected chi connectivity index (χ0v) is 15.6. The maximum atomic E-state index is 12.5. The number of hydrogen-bond donors (Lipinski definition) is 2. The maximum absolute atomic E-state index is 12.5. The van der Waals surface area contributed by atoms with Crippen LogP contribution in [0.4, 0.5) is 0 Å². The Morgan fingerprint density at radius 3 is 2.69 bits per heavy atom. The molecule has 0 aliphatic carbocycles. The van der Waals surface area contributed by atoms with E-state index < -0.39 is 0 Å². The van der Waals surface area contributed by atoms with Gasteiger partial charge in [0.2, 0.25) is 0 Å². The number of hydrogen-bond acceptors (Lipinski definition) is 4. The van der Waals surface area contributed by atoms with Crippen molar-refractivity contribution in [2.45, 2.75) is 45.3 Å². The Labute approximate surface area is 154 Å². The summed E-state index contributed by atoms with van der Waals surface area (Å²) in [6.45, 7) is 7.55. The van der Waals surface area contributed by atoms with Crippen molar-refractivity contribution in [2.24, 2.45) is 0 Å². The molecule has 1 aromatic heterocycles. The number of aromatic nitrogens is 2. The number of ether oxygens (including phenoxy) is 1. The van der Waals surface area contributed by atoms with Crippen LogP contribution in [0, 0.1) is 0 Å². The van der Waals surface area contributed by atoms with E-state index in [1.165, 1.54) is 19.3 Å². The largest absolute Gasteiger partial charge is 0.487 e. The topological polar surface area (TPSA) is 70.2 Å². The Kier molecular flexibility index (Phi) is 5.93. The monoisotopic (exact) mass is 356 g/mol. The third kappa shape index (κ3) is 5.33. The molecule has 26 heavy (non-hydrogen) atoms. The third-order valence-electron chi connectivity index (χ3n) is 4.52. The van der Waals surface area contributed by atoms with Crippen molar-refractivity contribution in [1.29, 1.82) is 0 Å². The highest BCUT2D eigenvalue weighted by molar-refractivity contribution is 5.92. The summed E-state index contributed by atoms with van der Waals surface area (Å²) in [5.41, 5.74) is 0.866. The molecule has 0 saturated carbocycles. The number of nitrogens with one attached hydrogen (secondary N) is 2. The van der Waals surface area contributed by atoms with Gasteiger partial charge in [-0.3, -0.25) is 9.89 Å². The lowest BCUT2D eigenvalue weighted by molar-refractivity contribution is 0.0873. The highest BCUT2D eigenvalue weighted by Crippen LogP contribution is 2.15. The first-order valence-corrected chi connectivity index (χ1v) is 9.29. The molecular weight excluding hydrogens is 328 g/mol. The molecule has 0 radical (unpaired) electrons. The summed E-state index contributed by atoms with van der Waals surface area (Å²) in [7, 11) is 0. The number of likely N-dealkylation sites (tertiary alicyclic amines) is 1. The minimum atomic E-state index is -0.298. The van der Waals surface area contributed by atoms with Crippen molar-refractivity contribution in [3.8, 4) is 5.75 Å². The van der Waals surface area contributed by atoms with Crippen molar-refractivity contribution in [2.75, 3.05) is 19.6 Å². The summed E-state index contributed by atoms with van der Waals surface area (Å²) in [5, 5.41) is 10.1. The predicted octanol–water partition coefficient (Wildman–Crippen LogP) is 2.98. The van der Waals surface area contributed by atoms with E-state index in [4.69, 9.17) is 4.74 Å². The third-order valence-corrected chi connectivity index (χ3v) is 4.52. The normalized spacial score (nSPS) is 15.6. The first-order valence-electron chi connectivity index (χ1n) is 9.29. The number of piperidine rings is 1. The summed E-state index contributed by atoms with van der Waals surface area (Å²) in [6, 6.07) is 11.3. The highest BCUT2D eigenvalue weighted by Gasteiger charge is 2.26. The van der Waals surface area contributed by atoms with Crippen LogP contribution in [0.25, 0.3) is 0 Å². The molecule has 1 fully saturated rings. The van der Waals surface area contributed by atoms with Crippen LogP contribution in [0.15, 0.2) is 36.4 Å². The number of carbonyl (C=O) groups is 1. The molecular formula is C20H28N4O2. The standard InChI is InChI=1S/C20H28N4O2/c1-20(2,15-24-11-7-4-8-12-24)21-19(25)18-13-16(22-23-18)14-26-17-9-5-3-6-10-17/h3,5-6,9-10,13H,4,7-8,11-12,14-15H2,1-2H3,(H,21,25)(H,22,23). The fourth-order valence-corrected chi connectivity index (χ4v) is 3.32. The number of rotatable bonds is 7. The quantitative estimate of drug-likeness (QED) is 0.800.